The van der Waals surface area contributed by atoms with E-state index in [1.165, 1.54) is 32.6 Å². The van der Waals surface area contributed by atoms with Gasteiger partial charge in [-0.1, -0.05) is 90.4 Å². The molecule has 67 heavy (non-hydrogen) atoms. The summed E-state index contributed by atoms with van der Waals surface area (Å²) in [6, 6.07) is -1.43. The number of rotatable bonds is 46. The second kappa shape index (κ2) is 38.0. The van der Waals surface area contributed by atoms with Crippen LogP contribution in [-0.4, -0.2) is 103 Å². The van der Waals surface area contributed by atoms with E-state index < -0.39 is 96.3 Å². The van der Waals surface area contributed by atoms with Crippen molar-refractivity contribution >= 4 is 64.8 Å². The molecule has 382 valence electrons. The summed E-state index contributed by atoms with van der Waals surface area (Å²) >= 11 is 0. The molecular formula is C49H80N2O16. The second-order valence-corrected chi connectivity index (χ2v) is 18.1. The number of carboxylic acid groups (broad SMARTS) is 5. The maximum atomic E-state index is 12.7. The molecule has 0 aliphatic heterocycles. The fraction of sp³-hybridized carbons (Fsp3) is 0.776. The smallest absolute Gasteiger partial charge is 0.326 e. The van der Waals surface area contributed by atoms with Crippen molar-refractivity contribution in [2.45, 2.75) is 213 Å². The van der Waals surface area contributed by atoms with E-state index in [0.717, 1.165) is 64.2 Å². The molecule has 2 amide bonds. The zero-order valence-corrected chi connectivity index (χ0v) is 40.0. The van der Waals surface area contributed by atoms with Crippen molar-refractivity contribution in [1.29, 1.82) is 0 Å². The summed E-state index contributed by atoms with van der Waals surface area (Å²) in [4.78, 5) is 132. The number of ketones is 4. The van der Waals surface area contributed by atoms with Crippen LogP contribution in [0.15, 0.2) is 0 Å². The van der Waals surface area contributed by atoms with Crippen molar-refractivity contribution in [3.05, 3.63) is 0 Å². The van der Waals surface area contributed by atoms with Crippen molar-refractivity contribution in [3.63, 3.8) is 0 Å². The Morgan fingerprint density at radius 3 is 1.15 bits per heavy atom. The lowest BCUT2D eigenvalue weighted by Crippen LogP contribution is -2.41. The van der Waals surface area contributed by atoms with Crippen LogP contribution < -0.4 is 10.6 Å². The van der Waals surface area contributed by atoms with E-state index in [4.69, 9.17) is 5.11 Å². The zero-order chi connectivity index (χ0) is 50.6. The molecule has 0 aliphatic carbocycles. The average molecular weight is 953 g/mol. The van der Waals surface area contributed by atoms with Crippen LogP contribution in [-0.2, 0) is 52.7 Å². The summed E-state index contributed by atoms with van der Waals surface area (Å²) in [7, 11) is 0. The Morgan fingerprint density at radius 1 is 0.388 bits per heavy atom. The van der Waals surface area contributed by atoms with Crippen molar-refractivity contribution in [3.8, 4) is 0 Å². The summed E-state index contributed by atoms with van der Waals surface area (Å²) in [5.74, 6) is -12.5. The standard InChI is InChI=1S/C49H80N2O16/c1-34(35(2)52)19-17-18-30-50-43(56)29-27-42(49(66)67)51-44(57)28-24-38(48(64)65)33-41(55)26-23-37(47(62)63)32-40(54)25-22-36(46(60)61)31-39(53)20-15-13-11-9-7-5-3-4-6-8-10-12-14-16-21-45(58)59/h34,36-38,42H,3-33H2,1-2H3,(H,50,56)(H,51,57)(H,58,59)(H,60,61)(H,62,63)(H,64,65)(H,66,67)/t34-,36+,37+,38+,42-/m0/s1. The molecule has 0 radical (unpaired) electrons. The Kier molecular flexibility index (Phi) is 35.1. The minimum absolute atomic E-state index is 0.0738. The van der Waals surface area contributed by atoms with E-state index in [0.29, 0.717) is 25.8 Å². The number of carboxylic acids is 5. The molecule has 0 aliphatic rings. The minimum Gasteiger partial charge on any atom is -0.481 e. The number of hydrogen-bond acceptors (Lipinski definition) is 11. The van der Waals surface area contributed by atoms with E-state index in [1.807, 2.05) is 6.92 Å². The molecule has 0 aromatic carbocycles. The van der Waals surface area contributed by atoms with Crippen molar-refractivity contribution in [1.82, 2.24) is 10.6 Å². The number of aliphatic carboxylic acids is 5. The highest BCUT2D eigenvalue weighted by Gasteiger charge is 2.28. The zero-order valence-electron chi connectivity index (χ0n) is 40.0. The number of amides is 2. The minimum atomic E-state index is -1.43. The quantitative estimate of drug-likeness (QED) is 0.0291. The number of carbonyl (C=O) groups excluding carboxylic acids is 6. The van der Waals surface area contributed by atoms with Crippen LogP contribution >= 0.6 is 0 Å². The topological polar surface area (TPSA) is 313 Å². The molecule has 0 aromatic heterocycles. The van der Waals surface area contributed by atoms with E-state index in [2.05, 4.69) is 10.6 Å². The molecule has 0 saturated carbocycles. The van der Waals surface area contributed by atoms with Gasteiger partial charge in [0.15, 0.2) is 0 Å². The Balaban J connectivity index is 4.56. The molecule has 0 spiro atoms. The highest BCUT2D eigenvalue weighted by atomic mass is 16.4. The third-order valence-corrected chi connectivity index (χ3v) is 12.2. The van der Waals surface area contributed by atoms with Crippen LogP contribution in [0.2, 0.25) is 0 Å². The predicted molar refractivity (Wildman–Crippen MR) is 247 cm³/mol. The van der Waals surface area contributed by atoms with Crippen LogP contribution in [0.25, 0.3) is 0 Å². The Morgan fingerprint density at radius 2 is 0.761 bits per heavy atom. The van der Waals surface area contributed by atoms with Gasteiger partial charge in [-0.3, -0.25) is 47.9 Å². The van der Waals surface area contributed by atoms with Gasteiger partial charge in [0.1, 0.15) is 29.2 Å². The first-order chi connectivity index (χ1) is 31.7. The van der Waals surface area contributed by atoms with Gasteiger partial charge in [-0.2, -0.15) is 0 Å². The van der Waals surface area contributed by atoms with Gasteiger partial charge in [0.25, 0.3) is 0 Å². The van der Waals surface area contributed by atoms with E-state index in [1.54, 1.807) is 0 Å². The van der Waals surface area contributed by atoms with Gasteiger partial charge >= 0.3 is 29.8 Å². The molecule has 7 N–H and O–H groups in total. The molecular weight excluding hydrogens is 873 g/mol. The maximum absolute atomic E-state index is 12.7. The number of nitrogens with one attached hydrogen (secondary N) is 2. The van der Waals surface area contributed by atoms with E-state index in [9.17, 15) is 73.2 Å². The number of hydrogen-bond donors (Lipinski definition) is 7. The van der Waals surface area contributed by atoms with Crippen molar-refractivity contribution in [2.24, 2.45) is 23.7 Å². The molecule has 18 heteroatoms. The Labute approximate surface area is 395 Å². The Hall–Kier alpha value is -5.03. The summed E-state index contributed by atoms with van der Waals surface area (Å²) in [5.41, 5.74) is 0. The monoisotopic (exact) mass is 953 g/mol. The third kappa shape index (κ3) is 34.9. The first kappa shape index (κ1) is 62.0. The van der Waals surface area contributed by atoms with Crippen LogP contribution in [0.1, 0.15) is 206 Å². The number of Topliss-reactive ketones (excluding diaryl/α,β-unsaturated/α-hetero) is 4. The molecule has 0 unspecified atom stereocenters. The van der Waals surface area contributed by atoms with Gasteiger partial charge in [-0.05, 0) is 58.3 Å². The summed E-state index contributed by atoms with van der Waals surface area (Å²) in [6.07, 6.45) is 13.4. The van der Waals surface area contributed by atoms with Gasteiger partial charge in [-0.25, -0.2) is 4.79 Å². The van der Waals surface area contributed by atoms with Gasteiger partial charge < -0.3 is 36.2 Å². The fourth-order valence-corrected chi connectivity index (χ4v) is 7.66. The molecule has 0 fully saturated rings. The SMILES string of the molecule is CC(=O)[C@@H](C)CCCCNC(=O)CC[C@H](NC(=O)CC[C@H](CC(=O)CC[C@H](CC(=O)CC[C@H](CC(=O)CCCCCCCCCCCCCCCCC(=O)O)C(=O)O)C(=O)O)C(=O)O)C(=O)O. The van der Waals surface area contributed by atoms with Gasteiger partial charge in [-0.15, -0.1) is 0 Å². The van der Waals surface area contributed by atoms with Gasteiger partial charge in [0.2, 0.25) is 11.8 Å². The fourth-order valence-electron chi connectivity index (χ4n) is 7.66. The molecule has 18 nitrogen and oxygen atoms in total. The number of carbonyl (C=O) groups is 11. The van der Waals surface area contributed by atoms with Crippen molar-refractivity contribution in [2.75, 3.05) is 6.54 Å². The average Bonchev–Trinajstić information content (AvgIpc) is 3.25. The summed E-state index contributed by atoms with van der Waals surface area (Å²) < 4.78 is 0. The lowest BCUT2D eigenvalue weighted by Gasteiger charge is -2.16. The summed E-state index contributed by atoms with van der Waals surface area (Å²) in [5, 5.41) is 52.2. The predicted octanol–water partition coefficient (Wildman–Crippen LogP) is 7.49. The largest absolute Gasteiger partial charge is 0.481 e. The Bertz CT molecular complexity index is 1580. The summed E-state index contributed by atoms with van der Waals surface area (Å²) in [6.45, 7) is 3.68. The van der Waals surface area contributed by atoms with Crippen LogP contribution in [0.4, 0.5) is 0 Å². The van der Waals surface area contributed by atoms with Crippen LogP contribution in [0.3, 0.4) is 0 Å². The molecule has 0 saturated heterocycles. The highest BCUT2D eigenvalue weighted by Crippen LogP contribution is 2.22. The second-order valence-electron chi connectivity index (χ2n) is 18.1. The molecule has 0 rings (SSSR count). The van der Waals surface area contributed by atoms with Crippen molar-refractivity contribution < 1.29 is 78.3 Å². The van der Waals surface area contributed by atoms with E-state index >= 15 is 0 Å². The first-order valence-electron chi connectivity index (χ1n) is 24.5. The van der Waals surface area contributed by atoms with E-state index in [-0.39, 0.29) is 81.7 Å². The molecule has 0 aromatic rings. The molecule has 0 heterocycles. The lowest BCUT2D eigenvalue weighted by molar-refractivity contribution is -0.146. The van der Waals surface area contributed by atoms with Crippen LogP contribution in [0, 0.1) is 23.7 Å². The third-order valence-electron chi connectivity index (χ3n) is 12.2. The molecule has 5 atom stereocenters. The van der Waals surface area contributed by atoms with Gasteiger partial charge in [0.05, 0.1) is 17.8 Å². The maximum Gasteiger partial charge on any atom is 0.326 e. The van der Waals surface area contributed by atoms with Gasteiger partial charge in [0, 0.05) is 70.3 Å². The number of unbranched alkanes of at least 4 members (excludes halogenated alkanes) is 14. The normalized spacial score (nSPS) is 13.3. The van der Waals surface area contributed by atoms with Crippen LogP contribution in [0.5, 0.6) is 0 Å². The first-order valence-corrected chi connectivity index (χ1v) is 24.5. The lowest BCUT2D eigenvalue weighted by atomic mass is 9.89. The molecule has 0 bridgehead atoms. The highest BCUT2D eigenvalue weighted by molar-refractivity contribution is 5.88.